The molecule has 1 aliphatic rings. The minimum absolute atomic E-state index is 0.199. The molecule has 1 unspecified atom stereocenters. The molecule has 1 saturated carbocycles. The Kier molecular flexibility index (Phi) is 5.13. The number of hydrogen-bond acceptors (Lipinski definition) is 3. The van der Waals surface area contributed by atoms with Crippen molar-refractivity contribution >= 4 is 8.60 Å². The van der Waals surface area contributed by atoms with Crippen molar-refractivity contribution in [1.29, 1.82) is 0 Å². The molecular formula is C14H21O3P. The third kappa shape index (κ3) is 4.33. The van der Waals surface area contributed by atoms with Crippen LogP contribution >= 0.6 is 8.60 Å². The monoisotopic (exact) mass is 268 g/mol. The van der Waals surface area contributed by atoms with E-state index < -0.39 is 8.60 Å². The molecule has 1 aliphatic carbocycles. The zero-order valence-corrected chi connectivity index (χ0v) is 11.7. The van der Waals surface area contributed by atoms with E-state index >= 15 is 0 Å². The van der Waals surface area contributed by atoms with E-state index in [0.29, 0.717) is 6.61 Å². The van der Waals surface area contributed by atoms with Crippen molar-refractivity contribution in [2.45, 2.75) is 51.2 Å². The highest BCUT2D eigenvalue weighted by Gasteiger charge is 2.31. The Morgan fingerprint density at radius 3 is 2.50 bits per heavy atom. The molecule has 0 aliphatic heterocycles. The molecule has 1 fully saturated rings. The van der Waals surface area contributed by atoms with Crippen molar-refractivity contribution in [2.75, 3.05) is 0 Å². The maximum atomic E-state index is 9.85. The molecule has 1 N–H and O–H groups in total. The minimum atomic E-state index is -1.78. The summed E-state index contributed by atoms with van der Waals surface area (Å²) in [4.78, 5) is 9.85. The van der Waals surface area contributed by atoms with E-state index in [1.165, 1.54) is 19.3 Å². The van der Waals surface area contributed by atoms with Gasteiger partial charge in [-0.15, -0.1) is 0 Å². The lowest BCUT2D eigenvalue weighted by molar-refractivity contribution is 0.0265. The standard InChI is InChI=1S/C14H21O3P/c1-14(10-6-3-7-11-14)17-18(15)16-12-13-8-4-2-5-9-13/h2,4-5,8-9,15H,3,6-7,10-12H2,1H3. The smallest absolute Gasteiger partial charge is 0.328 e. The first-order valence-electron chi connectivity index (χ1n) is 6.53. The first-order chi connectivity index (χ1) is 8.68. The molecule has 0 spiro atoms. The van der Waals surface area contributed by atoms with E-state index in [0.717, 1.165) is 18.4 Å². The van der Waals surface area contributed by atoms with Gasteiger partial charge < -0.3 is 13.9 Å². The Bertz CT molecular complexity index is 349. The topological polar surface area (TPSA) is 38.7 Å². The highest BCUT2D eigenvalue weighted by Crippen LogP contribution is 2.44. The van der Waals surface area contributed by atoms with Crippen LogP contribution in [-0.4, -0.2) is 10.5 Å². The summed E-state index contributed by atoms with van der Waals surface area (Å²) in [5.41, 5.74) is 0.853. The average molecular weight is 268 g/mol. The summed E-state index contributed by atoms with van der Waals surface area (Å²) >= 11 is 0. The molecule has 1 aromatic rings. The molecule has 0 bridgehead atoms. The summed E-state index contributed by atoms with van der Waals surface area (Å²) in [6.07, 6.45) is 5.66. The Labute approximate surface area is 110 Å². The summed E-state index contributed by atoms with van der Waals surface area (Å²) in [5, 5.41) is 0. The Morgan fingerprint density at radius 1 is 1.17 bits per heavy atom. The van der Waals surface area contributed by atoms with Crippen molar-refractivity contribution in [2.24, 2.45) is 0 Å². The number of benzene rings is 1. The van der Waals surface area contributed by atoms with Crippen LogP contribution in [0.2, 0.25) is 0 Å². The molecule has 1 aromatic carbocycles. The Balaban J connectivity index is 1.76. The van der Waals surface area contributed by atoms with Gasteiger partial charge in [0.2, 0.25) is 0 Å². The molecule has 0 heterocycles. The first kappa shape index (κ1) is 14.0. The molecule has 4 heteroatoms. The fraction of sp³-hybridized carbons (Fsp3) is 0.571. The van der Waals surface area contributed by atoms with Crippen LogP contribution < -0.4 is 0 Å². The maximum absolute atomic E-state index is 9.85. The van der Waals surface area contributed by atoms with Crippen molar-refractivity contribution in [3.63, 3.8) is 0 Å². The molecule has 0 saturated heterocycles. The van der Waals surface area contributed by atoms with Gasteiger partial charge in [-0.25, -0.2) is 0 Å². The van der Waals surface area contributed by atoms with Crippen molar-refractivity contribution in [3.05, 3.63) is 35.9 Å². The lowest BCUT2D eigenvalue weighted by Gasteiger charge is -2.34. The summed E-state index contributed by atoms with van der Waals surface area (Å²) < 4.78 is 11.1. The van der Waals surface area contributed by atoms with E-state index in [9.17, 15) is 4.89 Å². The lowest BCUT2D eigenvalue weighted by atomic mass is 9.87. The van der Waals surface area contributed by atoms with E-state index in [2.05, 4.69) is 6.92 Å². The minimum Gasteiger partial charge on any atom is -0.328 e. The molecule has 3 nitrogen and oxygen atoms in total. The molecular weight excluding hydrogens is 247 g/mol. The molecule has 100 valence electrons. The van der Waals surface area contributed by atoms with Gasteiger partial charge in [0.15, 0.2) is 0 Å². The third-order valence-corrected chi connectivity index (χ3v) is 4.34. The van der Waals surface area contributed by atoms with Crippen molar-refractivity contribution in [1.82, 2.24) is 0 Å². The van der Waals surface area contributed by atoms with Crippen LogP contribution in [0.15, 0.2) is 30.3 Å². The van der Waals surface area contributed by atoms with Crippen LogP contribution in [0.1, 0.15) is 44.6 Å². The van der Waals surface area contributed by atoms with Gasteiger partial charge in [-0.05, 0) is 25.3 Å². The van der Waals surface area contributed by atoms with Gasteiger partial charge >= 0.3 is 8.60 Å². The van der Waals surface area contributed by atoms with Crippen molar-refractivity contribution < 1.29 is 13.9 Å². The second kappa shape index (κ2) is 6.63. The summed E-state index contributed by atoms with van der Waals surface area (Å²) in [6.45, 7) is 2.47. The predicted molar refractivity (Wildman–Crippen MR) is 72.9 cm³/mol. The zero-order valence-electron chi connectivity index (χ0n) is 10.8. The zero-order chi connectivity index (χ0) is 12.8. The number of rotatable bonds is 5. The SMILES string of the molecule is CC1(OP(O)OCc2ccccc2)CCCCC1. The fourth-order valence-corrected chi connectivity index (χ4v) is 3.18. The maximum Gasteiger partial charge on any atom is 0.330 e. The molecule has 2 rings (SSSR count). The lowest BCUT2D eigenvalue weighted by Crippen LogP contribution is -2.29. The van der Waals surface area contributed by atoms with Crippen LogP contribution in [0.25, 0.3) is 0 Å². The molecule has 1 atom stereocenters. The third-order valence-electron chi connectivity index (χ3n) is 3.39. The molecule has 0 amide bonds. The molecule has 0 aromatic heterocycles. The van der Waals surface area contributed by atoms with Gasteiger partial charge in [0, 0.05) is 0 Å². The normalized spacial score (nSPS) is 20.6. The van der Waals surface area contributed by atoms with E-state index in [1.807, 2.05) is 30.3 Å². The molecule has 18 heavy (non-hydrogen) atoms. The van der Waals surface area contributed by atoms with Gasteiger partial charge in [-0.2, -0.15) is 0 Å². The quantitative estimate of drug-likeness (QED) is 0.815. The summed E-state index contributed by atoms with van der Waals surface area (Å²) in [6, 6.07) is 9.84. The number of hydrogen-bond donors (Lipinski definition) is 1. The predicted octanol–water partition coefficient (Wildman–Crippen LogP) is 4.16. The van der Waals surface area contributed by atoms with E-state index in [4.69, 9.17) is 9.05 Å². The largest absolute Gasteiger partial charge is 0.330 e. The average Bonchev–Trinajstić information content (AvgIpc) is 2.38. The van der Waals surface area contributed by atoms with Crippen LogP contribution in [-0.2, 0) is 15.7 Å². The fourth-order valence-electron chi connectivity index (χ4n) is 2.31. The second-order valence-electron chi connectivity index (χ2n) is 5.10. The summed E-state index contributed by atoms with van der Waals surface area (Å²) in [7, 11) is -1.78. The van der Waals surface area contributed by atoms with Crippen LogP contribution in [0.5, 0.6) is 0 Å². The van der Waals surface area contributed by atoms with Gasteiger partial charge in [-0.3, -0.25) is 0 Å². The van der Waals surface area contributed by atoms with Gasteiger partial charge in [0.05, 0.1) is 12.2 Å². The first-order valence-corrected chi connectivity index (χ1v) is 7.66. The van der Waals surface area contributed by atoms with Gasteiger partial charge in [0.25, 0.3) is 0 Å². The van der Waals surface area contributed by atoms with Crippen LogP contribution in [0.4, 0.5) is 0 Å². The van der Waals surface area contributed by atoms with Crippen LogP contribution in [0.3, 0.4) is 0 Å². The Hall–Kier alpha value is -0.470. The van der Waals surface area contributed by atoms with Crippen LogP contribution in [0, 0.1) is 0 Å². The van der Waals surface area contributed by atoms with Gasteiger partial charge in [-0.1, -0.05) is 49.6 Å². The van der Waals surface area contributed by atoms with Crippen molar-refractivity contribution in [3.8, 4) is 0 Å². The van der Waals surface area contributed by atoms with E-state index in [-0.39, 0.29) is 5.60 Å². The molecule has 0 radical (unpaired) electrons. The highest BCUT2D eigenvalue weighted by atomic mass is 31.2. The van der Waals surface area contributed by atoms with Gasteiger partial charge in [0.1, 0.15) is 0 Å². The van der Waals surface area contributed by atoms with E-state index in [1.54, 1.807) is 0 Å². The Morgan fingerprint density at radius 2 is 1.83 bits per heavy atom. The second-order valence-corrected chi connectivity index (χ2v) is 6.02. The summed E-state index contributed by atoms with van der Waals surface area (Å²) in [5.74, 6) is 0. The highest BCUT2D eigenvalue weighted by molar-refractivity contribution is 7.40.